The maximum Gasteiger partial charge on any atom is 0.159 e. The zero-order valence-corrected chi connectivity index (χ0v) is 13.4. The molecule has 0 aliphatic rings. The van der Waals surface area contributed by atoms with Crippen LogP contribution >= 0.6 is 22.6 Å². The Hall–Kier alpha value is -2.02. The van der Waals surface area contributed by atoms with Crippen LogP contribution < -0.4 is 10.5 Å². The molecule has 106 valence electrons. The van der Waals surface area contributed by atoms with Crippen molar-refractivity contribution in [3.8, 4) is 17.0 Å². The molecule has 0 atom stereocenters. The predicted octanol–water partition coefficient (Wildman–Crippen LogP) is 3.84. The van der Waals surface area contributed by atoms with Gasteiger partial charge >= 0.3 is 0 Å². The molecule has 0 radical (unpaired) electrons. The maximum absolute atomic E-state index is 5.77. The van der Waals surface area contributed by atoms with E-state index in [1.165, 1.54) is 0 Å². The van der Waals surface area contributed by atoms with Crippen molar-refractivity contribution in [1.82, 2.24) is 10.2 Å². The average Bonchev–Trinajstić information content (AvgIpc) is 2.87. The lowest BCUT2D eigenvalue weighted by atomic mass is 10.1. The van der Waals surface area contributed by atoms with Crippen LogP contribution in [0.25, 0.3) is 11.3 Å². The molecule has 3 rings (SSSR count). The van der Waals surface area contributed by atoms with Crippen LogP contribution in [0.15, 0.2) is 54.6 Å². The van der Waals surface area contributed by atoms with Crippen molar-refractivity contribution in [2.45, 2.75) is 6.61 Å². The van der Waals surface area contributed by atoms with E-state index < -0.39 is 0 Å². The number of hydrogen-bond acceptors (Lipinski definition) is 3. The van der Waals surface area contributed by atoms with Gasteiger partial charge in [-0.05, 0) is 52.4 Å². The molecular weight excluding hydrogens is 377 g/mol. The summed E-state index contributed by atoms with van der Waals surface area (Å²) < 4.78 is 6.70. The number of ether oxygens (including phenoxy) is 1. The van der Waals surface area contributed by atoms with Gasteiger partial charge in [-0.2, -0.15) is 5.10 Å². The summed E-state index contributed by atoms with van der Waals surface area (Å²) in [4.78, 5) is 0. The molecule has 1 aromatic heterocycles. The van der Waals surface area contributed by atoms with Gasteiger partial charge in [0.15, 0.2) is 5.82 Å². The van der Waals surface area contributed by atoms with Gasteiger partial charge in [0.1, 0.15) is 12.4 Å². The van der Waals surface area contributed by atoms with Gasteiger partial charge < -0.3 is 10.5 Å². The molecule has 21 heavy (non-hydrogen) atoms. The van der Waals surface area contributed by atoms with Crippen LogP contribution in [0.4, 0.5) is 5.82 Å². The van der Waals surface area contributed by atoms with E-state index in [0.717, 1.165) is 26.1 Å². The van der Waals surface area contributed by atoms with Gasteiger partial charge in [0.2, 0.25) is 0 Å². The Balaban J connectivity index is 1.71. The number of rotatable bonds is 4. The lowest BCUT2D eigenvalue weighted by Gasteiger charge is -2.07. The fourth-order valence-electron chi connectivity index (χ4n) is 1.99. The number of nitrogens with zero attached hydrogens (tertiary/aromatic N) is 1. The second kappa shape index (κ2) is 6.17. The quantitative estimate of drug-likeness (QED) is 0.665. The summed E-state index contributed by atoms with van der Waals surface area (Å²) in [6.45, 7) is 0.564. The number of nitrogen functional groups attached to an aromatic ring is 1. The van der Waals surface area contributed by atoms with Crippen molar-refractivity contribution in [2.24, 2.45) is 0 Å². The topological polar surface area (TPSA) is 63.9 Å². The van der Waals surface area contributed by atoms with E-state index >= 15 is 0 Å². The molecule has 0 fully saturated rings. The number of hydrogen-bond donors (Lipinski definition) is 2. The lowest BCUT2D eigenvalue weighted by Crippen LogP contribution is -1.94. The SMILES string of the molecule is Nc1n[nH]c(-c2ccc(OCc3ccccc3)cc2)c1I. The van der Waals surface area contributed by atoms with Gasteiger partial charge in [-0.3, -0.25) is 5.10 Å². The number of halogens is 1. The van der Waals surface area contributed by atoms with Crippen LogP contribution in [0.3, 0.4) is 0 Å². The van der Waals surface area contributed by atoms with E-state index in [9.17, 15) is 0 Å². The van der Waals surface area contributed by atoms with Crippen molar-refractivity contribution in [2.75, 3.05) is 5.73 Å². The van der Waals surface area contributed by atoms with Crippen LogP contribution in [0, 0.1) is 3.57 Å². The first-order valence-corrected chi connectivity index (χ1v) is 7.58. The lowest BCUT2D eigenvalue weighted by molar-refractivity contribution is 0.306. The highest BCUT2D eigenvalue weighted by atomic mass is 127. The molecule has 0 spiro atoms. The number of nitrogens with two attached hydrogens (primary N) is 1. The summed E-state index contributed by atoms with van der Waals surface area (Å²) >= 11 is 2.19. The van der Waals surface area contributed by atoms with E-state index in [2.05, 4.69) is 32.8 Å². The molecule has 3 N–H and O–H groups in total. The standard InChI is InChI=1S/C16H14IN3O/c17-14-15(19-20-16(14)18)12-6-8-13(9-7-12)21-10-11-4-2-1-3-5-11/h1-9H,10H2,(H3,18,19,20). The van der Waals surface area contributed by atoms with Crippen molar-refractivity contribution in [3.05, 3.63) is 63.7 Å². The van der Waals surface area contributed by atoms with Gasteiger partial charge in [-0.1, -0.05) is 30.3 Å². The third kappa shape index (κ3) is 3.18. The Morgan fingerprint density at radius 2 is 1.76 bits per heavy atom. The number of H-pyrrole nitrogens is 1. The van der Waals surface area contributed by atoms with Gasteiger partial charge in [-0.15, -0.1) is 0 Å². The van der Waals surface area contributed by atoms with Crippen LogP contribution in [0.2, 0.25) is 0 Å². The van der Waals surface area contributed by atoms with Crippen molar-refractivity contribution in [1.29, 1.82) is 0 Å². The zero-order valence-electron chi connectivity index (χ0n) is 11.2. The Labute approximate surface area is 136 Å². The third-order valence-corrected chi connectivity index (χ3v) is 4.22. The number of aromatic amines is 1. The summed E-state index contributed by atoms with van der Waals surface area (Å²) in [5, 5.41) is 6.95. The first-order chi connectivity index (χ1) is 10.2. The fourth-order valence-corrected chi connectivity index (χ4v) is 2.54. The molecular formula is C16H14IN3O. The normalized spacial score (nSPS) is 10.5. The molecule has 0 aliphatic carbocycles. The highest BCUT2D eigenvalue weighted by Gasteiger charge is 2.09. The number of benzene rings is 2. The summed E-state index contributed by atoms with van der Waals surface area (Å²) in [6, 6.07) is 18.0. The molecule has 0 bridgehead atoms. The Morgan fingerprint density at radius 3 is 2.38 bits per heavy atom. The monoisotopic (exact) mass is 391 g/mol. The van der Waals surface area contributed by atoms with Crippen LogP contribution in [0.1, 0.15) is 5.56 Å². The minimum Gasteiger partial charge on any atom is -0.489 e. The second-order valence-electron chi connectivity index (χ2n) is 4.60. The maximum atomic E-state index is 5.77. The molecule has 4 nitrogen and oxygen atoms in total. The average molecular weight is 391 g/mol. The Morgan fingerprint density at radius 1 is 1.05 bits per heavy atom. The first kappa shape index (κ1) is 13.9. The highest BCUT2D eigenvalue weighted by Crippen LogP contribution is 2.28. The highest BCUT2D eigenvalue weighted by molar-refractivity contribution is 14.1. The summed E-state index contributed by atoms with van der Waals surface area (Å²) in [6.07, 6.45) is 0. The third-order valence-electron chi connectivity index (χ3n) is 3.12. The Bertz CT molecular complexity index is 723. The smallest absolute Gasteiger partial charge is 0.159 e. The predicted molar refractivity (Wildman–Crippen MR) is 91.9 cm³/mol. The molecule has 1 heterocycles. The number of aromatic nitrogens is 2. The minimum atomic E-state index is 0.523. The van der Waals surface area contributed by atoms with E-state index in [1.807, 2.05) is 54.6 Å². The van der Waals surface area contributed by atoms with Crippen molar-refractivity contribution in [3.63, 3.8) is 0 Å². The molecule has 0 saturated heterocycles. The Kier molecular flexibility index (Phi) is 4.10. The van der Waals surface area contributed by atoms with Crippen molar-refractivity contribution >= 4 is 28.4 Å². The van der Waals surface area contributed by atoms with Crippen LogP contribution in [-0.2, 0) is 6.61 Å². The molecule has 2 aromatic carbocycles. The molecule has 0 aliphatic heterocycles. The van der Waals surface area contributed by atoms with Gasteiger partial charge in [0.05, 0.1) is 9.26 Å². The molecule has 0 saturated carbocycles. The second-order valence-corrected chi connectivity index (χ2v) is 5.68. The van der Waals surface area contributed by atoms with Crippen molar-refractivity contribution < 1.29 is 4.74 Å². The van der Waals surface area contributed by atoms with E-state index in [4.69, 9.17) is 10.5 Å². The van der Waals surface area contributed by atoms with Gasteiger partial charge in [-0.25, -0.2) is 0 Å². The van der Waals surface area contributed by atoms with E-state index in [0.29, 0.717) is 12.4 Å². The van der Waals surface area contributed by atoms with Crippen LogP contribution in [-0.4, -0.2) is 10.2 Å². The molecule has 0 amide bonds. The minimum absolute atomic E-state index is 0.523. The summed E-state index contributed by atoms with van der Waals surface area (Å²) in [7, 11) is 0. The molecule has 5 heteroatoms. The first-order valence-electron chi connectivity index (χ1n) is 6.50. The summed E-state index contributed by atoms with van der Waals surface area (Å²) in [5.41, 5.74) is 8.87. The van der Waals surface area contributed by atoms with E-state index in [-0.39, 0.29) is 0 Å². The summed E-state index contributed by atoms with van der Waals surface area (Å²) in [5.74, 6) is 1.36. The largest absolute Gasteiger partial charge is 0.489 e. The van der Waals surface area contributed by atoms with Gasteiger partial charge in [0, 0.05) is 5.56 Å². The van der Waals surface area contributed by atoms with Crippen LogP contribution in [0.5, 0.6) is 5.75 Å². The number of anilines is 1. The molecule has 3 aromatic rings. The van der Waals surface area contributed by atoms with Gasteiger partial charge in [0.25, 0.3) is 0 Å². The zero-order chi connectivity index (χ0) is 14.7. The number of nitrogens with one attached hydrogen (secondary N) is 1. The van der Waals surface area contributed by atoms with E-state index in [1.54, 1.807) is 0 Å². The fraction of sp³-hybridized carbons (Fsp3) is 0.0625. The molecule has 0 unspecified atom stereocenters.